The van der Waals surface area contributed by atoms with E-state index in [0.29, 0.717) is 45.2 Å². The lowest BCUT2D eigenvalue weighted by molar-refractivity contribution is 0.00781. The minimum Gasteiger partial charge on any atom is -0.376 e. The van der Waals surface area contributed by atoms with E-state index in [2.05, 4.69) is 0 Å². The fourth-order valence-corrected chi connectivity index (χ4v) is 4.38. The van der Waals surface area contributed by atoms with E-state index in [4.69, 9.17) is 10.5 Å². The van der Waals surface area contributed by atoms with Crippen LogP contribution in [0.3, 0.4) is 0 Å². The molecule has 6 nitrogen and oxygen atoms in total. The zero-order valence-corrected chi connectivity index (χ0v) is 11.7. The van der Waals surface area contributed by atoms with Gasteiger partial charge in [0.1, 0.15) is 0 Å². The Hall–Kier alpha value is -0.210. The summed E-state index contributed by atoms with van der Waals surface area (Å²) >= 11 is 0. The molecular formula is C11H23N3O3S. The largest absolute Gasteiger partial charge is 0.376 e. The zero-order valence-electron chi connectivity index (χ0n) is 10.9. The Morgan fingerprint density at radius 2 is 2.00 bits per heavy atom. The van der Waals surface area contributed by atoms with Crippen LogP contribution in [0.25, 0.3) is 0 Å². The third kappa shape index (κ3) is 3.03. The molecule has 2 aliphatic heterocycles. The van der Waals surface area contributed by atoms with Gasteiger partial charge in [0.25, 0.3) is 10.2 Å². The summed E-state index contributed by atoms with van der Waals surface area (Å²) in [5.74, 6) is 0.298. The Morgan fingerprint density at radius 3 is 2.67 bits per heavy atom. The molecule has 2 heterocycles. The number of hydrogen-bond donors (Lipinski definition) is 1. The summed E-state index contributed by atoms with van der Waals surface area (Å²) in [5.41, 5.74) is 5.65. The van der Waals surface area contributed by atoms with Gasteiger partial charge in [-0.15, -0.1) is 0 Å². The van der Waals surface area contributed by atoms with Crippen molar-refractivity contribution in [3.05, 3.63) is 0 Å². The molecule has 106 valence electrons. The van der Waals surface area contributed by atoms with Crippen LogP contribution in [0.5, 0.6) is 0 Å². The van der Waals surface area contributed by atoms with Crippen molar-refractivity contribution in [1.29, 1.82) is 0 Å². The highest BCUT2D eigenvalue weighted by Gasteiger charge is 2.35. The maximum atomic E-state index is 12.5. The van der Waals surface area contributed by atoms with Crippen molar-refractivity contribution in [2.75, 3.05) is 39.3 Å². The summed E-state index contributed by atoms with van der Waals surface area (Å²) in [6, 6.07) is 0. The minimum atomic E-state index is -3.33. The Labute approximate surface area is 109 Å². The van der Waals surface area contributed by atoms with Crippen molar-refractivity contribution in [2.45, 2.75) is 25.9 Å². The second-order valence-corrected chi connectivity index (χ2v) is 7.08. The van der Waals surface area contributed by atoms with Crippen LogP contribution in [0.15, 0.2) is 0 Å². The summed E-state index contributed by atoms with van der Waals surface area (Å²) in [4.78, 5) is 0. The number of nitrogens with two attached hydrogens (primary N) is 1. The summed E-state index contributed by atoms with van der Waals surface area (Å²) in [5, 5.41) is 0. The van der Waals surface area contributed by atoms with Crippen molar-refractivity contribution >= 4 is 10.2 Å². The molecule has 0 aromatic rings. The Bertz CT molecular complexity index is 374. The van der Waals surface area contributed by atoms with Gasteiger partial charge in [-0.1, -0.05) is 0 Å². The van der Waals surface area contributed by atoms with Crippen LogP contribution in [0, 0.1) is 5.92 Å². The first kappa shape index (κ1) is 14.2. The highest BCUT2D eigenvalue weighted by Crippen LogP contribution is 2.21. The van der Waals surface area contributed by atoms with Crippen LogP contribution >= 0.6 is 0 Å². The number of hydrogen-bond acceptors (Lipinski definition) is 4. The van der Waals surface area contributed by atoms with Crippen molar-refractivity contribution < 1.29 is 13.2 Å². The molecule has 0 amide bonds. The number of nitrogens with zero attached hydrogens (tertiary/aromatic N) is 2. The molecule has 7 heteroatoms. The van der Waals surface area contributed by atoms with Gasteiger partial charge in [0.15, 0.2) is 0 Å². The fourth-order valence-electron chi connectivity index (χ4n) is 2.59. The molecule has 2 rings (SSSR count). The molecule has 0 spiro atoms. The summed E-state index contributed by atoms with van der Waals surface area (Å²) < 4.78 is 33.5. The van der Waals surface area contributed by atoms with Gasteiger partial charge < -0.3 is 10.5 Å². The molecule has 2 fully saturated rings. The Balaban J connectivity index is 2.05. The highest BCUT2D eigenvalue weighted by molar-refractivity contribution is 7.86. The maximum absolute atomic E-state index is 12.5. The Kier molecular flexibility index (Phi) is 4.60. The number of piperidine rings is 1. The molecule has 2 unspecified atom stereocenters. The molecular weight excluding hydrogens is 254 g/mol. The summed E-state index contributed by atoms with van der Waals surface area (Å²) in [6.07, 6.45) is 1.91. The van der Waals surface area contributed by atoms with Crippen LogP contribution in [0.2, 0.25) is 0 Å². The molecule has 18 heavy (non-hydrogen) atoms. The zero-order chi connectivity index (χ0) is 13.2. The van der Waals surface area contributed by atoms with E-state index in [1.165, 1.54) is 0 Å². The normalized spacial score (nSPS) is 32.6. The molecule has 0 aliphatic carbocycles. The predicted octanol–water partition coefficient (Wildman–Crippen LogP) is -0.377. The molecule has 0 saturated carbocycles. The lowest BCUT2D eigenvalue weighted by atomic mass is 10.0. The molecule has 0 radical (unpaired) electrons. The van der Waals surface area contributed by atoms with Crippen molar-refractivity contribution in [3.8, 4) is 0 Å². The molecule has 0 bridgehead atoms. The van der Waals surface area contributed by atoms with E-state index in [9.17, 15) is 8.42 Å². The van der Waals surface area contributed by atoms with Gasteiger partial charge in [0.2, 0.25) is 0 Å². The molecule has 0 aromatic heterocycles. The number of rotatable bonds is 3. The van der Waals surface area contributed by atoms with E-state index in [1.54, 1.807) is 8.61 Å². The smallest absolute Gasteiger partial charge is 0.282 e. The standard InChI is InChI=1S/C11H23N3O3S/c1-10-8-14(5-6-17-10)18(15,16)13-4-2-3-11(7-12)9-13/h10-11H,2-9,12H2,1H3. The lowest BCUT2D eigenvalue weighted by Gasteiger charge is -2.37. The van der Waals surface area contributed by atoms with Crippen LogP contribution in [-0.2, 0) is 14.9 Å². The molecule has 2 N–H and O–H groups in total. The van der Waals surface area contributed by atoms with Crippen molar-refractivity contribution in [2.24, 2.45) is 11.7 Å². The second-order valence-electron chi connectivity index (χ2n) is 5.15. The van der Waals surface area contributed by atoms with Gasteiger partial charge in [-0.25, -0.2) is 0 Å². The van der Waals surface area contributed by atoms with Crippen LogP contribution in [0.4, 0.5) is 0 Å². The first-order valence-electron chi connectivity index (χ1n) is 6.61. The SMILES string of the molecule is CC1CN(S(=O)(=O)N2CCCC(CN)C2)CCO1. The van der Waals surface area contributed by atoms with Gasteiger partial charge in [-0.05, 0) is 32.2 Å². The minimum absolute atomic E-state index is 0.0244. The summed E-state index contributed by atoms with van der Waals surface area (Å²) in [7, 11) is -3.33. The predicted molar refractivity (Wildman–Crippen MR) is 69.3 cm³/mol. The van der Waals surface area contributed by atoms with E-state index >= 15 is 0 Å². The maximum Gasteiger partial charge on any atom is 0.282 e. The van der Waals surface area contributed by atoms with Gasteiger partial charge in [-0.3, -0.25) is 0 Å². The van der Waals surface area contributed by atoms with Gasteiger partial charge in [-0.2, -0.15) is 17.0 Å². The van der Waals surface area contributed by atoms with E-state index < -0.39 is 10.2 Å². The van der Waals surface area contributed by atoms with Crippen molar-refractivity contribution in [3.63, 3.8) is 0 Å². The van der Waals surface area contributed by atoms with Crippen molar-refractivity contribution in [1.82, 2.24) is 8.61 Å². The quantitative estimate of drug-likeness (QED) is 0.763. The lowest BCUT2D eigenvalue weighted by Crippen LogP contribution is -2.53. The fraction of sp³-hybridized carbons (Fsp3) is 1.00. The van der Waals surface area contributed by atoms with Gasteiger partial charge in [0, 0.05) is 26.2 Å². The average molecular weight is 277 g/mol. The second kappa shape index (κ2) is 5.83. The highest BCUT2D eigenvalue weighted by atomic mass is 32.2. The first-order chi connectivity index (χ1) is 8.54. The van der Waals surface area contributed by atoms with Gasteiger partial charge >= 0.3 is 0 Å². The summed E-state index contributed by atoms with van der Waals surface area (Å²) in [6.45, 7) is 5.03. The monoisotopic (exact) mass is 277 g/mol. The van der Waals surface area contributed by atoms with E-state index in [1.807, 2.05) is 6.92 Å². The average Bonchev–Trinajstić information content (AvgIpc) is 2.39. The third-order valence-corrected chi connectivity index (χ3v) is 5.64. The number of morpholine rings is 1. The molecule has 2 aliphatic rings. The van der Waals surface area contributed by atoms with E-state index in [-0.39, 0.29) is 6.10 Å². The first-order valence-corrected chi connectivity index (χ1v) is 8.00. The molecule has 0 aromatic carbocycles. The van der Waals surface area contributed by atoms with Crippen LogP contribution in [0.1, 0.15) is 19.8 Å². The van der Waals surface area contributed by atoms with Crippen LogP contribution < -0.4 is 5.73 Å². The topological polar surface area (TPSA) is 75.9 Å². The van der Waals surface area contributed by atoms with Crippen LogP contribution in [-0.4, -0.2) is 62.5 Å². The third-order valence-electron chi connectivity index (χ3n) is 3.67. The number of ether oxygens (including phenoxy) is 1. The Morgan fingerprint density at radius 1 is 1.28 bits per heavy atom. The molecule has 2 atom stereocenters. The van der Waals surface area contributed by atoms with E-state index in [0.717, 1.165) is 12.8 Å². The van der Waals surface area contributed by atoms with Gasteiger partial charge in [0.05, 0.1) is 12.7 Å². The molecule has 2 saturated heterocycles.